The van der Waals surface area contributed by atoms with Crippen LogP contribution < -0.4 is 5.56 Å². The lowest BCUT2D eigenvalue weighted by Gasteiger charge is -1.99. The van der Waals surface area contributed by atoms with E-state index in [-0.39, 0.29) is 11.4 Å². The molecule has 3 aromatic rings. The minimum atomic E-state index is -0.240. The molecule has 0 aliphatic carbocycles. The van der Waals surface area contributed by atoms with Crippen LogP contribution in [0, 0.1) is 12.7 Å². The highest BCUT2D eigenvalue weighted by molar-refractivity contribution is 5.78. The molecule has 0 aliphatic rings. The maximum Gasteiger partial charge on any atom is 0.259 e. The molecule has 0 amide bonds. The van der Waals surface area contributed by atoms with E-state index in [9.17, 15) is 9.18 Å². The highest BCUT2D eigenvalue weighted by atomic mass is 19.1. The number of rotatable bonds is 2. The number of pyridine rings is 1. The van der Waals surface area contributed by atoms with E-state index in [4.69, 9.17) is 0 Å². The molecule has 1 aromatic carbocycles. The quantitative estimate of drug-likeness (QED) is 0.785. The first-order valence-corrected chi connectivity index (χ1v) is 6.42. The predicted octanol–water partition coefficient (Wildman–Crippen LogP) is 2.94. The van der Waals surface area contributed by atoms with Gasteiger partial charge in [0.05, 0.1) is 17.1 Å². The molecule has 104 valence electrons. The molecule has 0 aliphatic heterocycles. The van der Waals surface area contributed by atoms with Gasteiger partial charge in [-0.05, 0) is 42.3 Å². The maximum atomic E-state index is 13.2. The molecular formula is C16H12FN3O. The van der Waals surface area contributed by atoms with Crippen molar-refractivity contribution in [3.8, 4) is 0 Å². The van der Waals surface area contributed by atoms with Crippen LogP contribution in [0.25, 0.3) is 23.1 Å². The normalized spacial score (nSPS) is 11.3. The Morgan fingerprint density at radius 3 is 2.90 bits per heavy atom. The van der Waals surface area contributed by atoms with Crippen molar-refractivity contribution in [2.45, 2.75) is 6.92 Å². The number of nitrogens with zero attached hydrogens (tertiary/aromatic N) is 2. The van der Waals surface area contributed by atoms with Gasteiger partial charge in [-0.25, -0.2) is 9.37 Å². The molecule has 0 bridgehead atoms. The van der Waals surface area contributed by atoms with Crippen molar-refractivity contribution in [2.75, 3.05) is 0 Å². The van der Waals surface area contributed by atoms with E-state index in [1.807, 2.05) is 0 Å². The number of fused-ring (bicyclic) bond motifs is 1. The van der Waals surface area contributed by atoms with E-state index in [1.165, 1.54) is 6.07 Å². The summed E-state index contributed by atoms with van der Waals surface area (Å²) in [4.78, 5) is 22.9. The number of aromatic nitrogens is 3. The molecule has 1 N–H and O–H groups in total. The second-order valence-electron chi connectivity index (χ2n) is 4.69. The summed E-state index contributed by atoms with van der Waals surface area (Å²) in [5.41, 5.74) is 1.73. The molecule has 3 rings (SSSR count). The summed E-state index contributed by atoms with van der Waals surface area (Å²) in [6.45, 7) is 1.70. The standard InChI is InChI=1S/C16H12FN3O/c1-10-8-11(2-4-13(10)17)3-5-15-19-14-9-18-7-6-12(14)16(21)20-15/h2-9H,1H3,(H,19,20,21)/b5-3+. The van der Waals surface area contributed by atoms with Gasteiger partial charge in [0.25, 0.3) is 5.56 Å². The van der Waals surface area contributed by atoms with Gasteiger partial charge in [0.2, 0.25) is 0 Å². The summed E-state index contributed by atoms with van der Waals surface area (Å²) in [5.74, 6) is 0.193. The SMILES string of the molecule is Cc1cc(/C=C/c2nc3cnccc3c(=O)[nH]2)ccc1F. The van der Waals surface area contributed by atoms with Gasteiger partial charge in [-0.3, -0.25) is 9.78 Å². The molecule has 0 saturated carbocycles. The first-order chi connectivity index (χ1) is 10.1. The smallest absolute Gasteiger partial charge is 0.259 e. The van der Waals surface area contributed by atoms with Crippen LogP contribution in [-0.2, 0) is 0 Å². The van der Waals surface area contributed by atoms with Crippen LogP contribution >= 0.6 is 0 Å². The minimum absolute atomic E-state index is 0.211. The van der Waals surface area contributed by atoms with Gasteiger partial charge in [0.15, 0.2) is 0 Å². The Morgan fingerprint density at radius 1 is 1.24 bits per heavy atom. The Bertz CT molecular complexity index is 899. The van der Waals surface area contributed by atoms with Gasteiger partial charge >= 0.3 is 0 Å². The highest BCUT2D eigenvalue weighted by Crippen LogP contribution is 2.12. The summed E-state index contributed by atoms with van der Waals surface area (Å²) in [5, 5.41) is 0.500. The lowest BCUT2D eigenvalue weighted by molar-refractivity contribution is 0.618. The Morgan fingerprint density at radius 2 is 2.10 bits per heavy atom. The predicted molar refractivity (Wildman–Crippen MR) is 80.2 cm³/mol. The molecule has 0 atom stereocenters. The third kappa shape index (κ3) is 2.72. The van der Waals surface area contributed by atoms with Crippen molar-refractivity contribution in [3.63, 3.8) is 0 Å². The van der Waals surface area contributed by atoms with Crippen molar-refractivity contribution < 1.29 is 4.39 Å². The number of hydrogen-bond donors (Lipinski definition) is 1. The number of aromatic amines is 1. The summed E-state index contributed by atoms with van der Waals surface area (Å²) in [7, 11) is 0. The van der Waals surface area contributed by atoms with E-state index < -0.39 is 0 Å². The molecule has 2 heterocycles. The first kappa shape index (κ1) is 13.2. The van der Waals surface area contributed by atoms with Crippen molar-refractivity contribution >= 4 is 23.1 Å². The number of halogens is 1. The van der Waals surface area contributed by atoms with Crippen molar-refractivity contribution in [3.05, 3.63) is 69.8 Å². The molecular weight excluding hydrogens is 269 g/mol. The Hall–Kier alpha value is -2.82. The molecule has 2 aromatic heterocycles. The van der Waals surface area contributed by atoms with E-state index in [2.05, 4.69) is 15.0 Å². The van der Waals surface area contributed by atoms with E-state index in [0.29, 0.717) is 22.3 Å². The van der Waals surface area contributed by atoms with Crippen LogP contribution in [0.3, 0.4) is 0 Å². The lowest BCUT2D eigenvalue weighted by Crippen LogP contribution is -2.09. The number of H-pyrrole nitrogens is 1. The Balaban J connectivity index is 1.99. The minimum Gasteiger partial charge on any atom is -0.306 e. The van der Waals surface area contributed by atoms with E-state index in [0.717, 1.165) is 5.56 Å². The summed E-state index contributed by atoms with van der Waals surface area (Å²) >= 11 is 0. The Kier molecular flexibility index (Phi) is 3.31. The second kappa shape index (κ2) is 5.28. The van der Waals surface area contributed by atoms with Crippen molar-refractivity contribution in [2.24, 2.45) is 0 Å². The fraction of sp³-hybridized carbons (Fsp3) is 0.0625. The van der Waals surface area contributed by atoms with Gasteiger partial charge in [0.1, 0.15) is 11.6 Å². The fourth-order valence-corrected chi connectivity index (χ4v) is 2.03. The van der Waals surface area contributed by atoms with Gasteiger partial charge in [-0.2, -0.15) is 0 Å². The highest BCUT2D eigenvalue weighted by Gasteiger charge is 2.01. The first-order valence-electron chi connectivity index (χ1n) is 6.42. The molecule has 0 fully saturated rings. The molecule has 0 spiro atoms. The van der Waals surface area contributed by atoms with Crippen LogP contribution in [-0.4, -0.2) is 15.0 Å². The number of hydrogen-bond acceptors (Lipinski definition) is 3. The molecule has 5 heteroatoms. The number of nitrogens with one attached hydrogen (secondary N) is 1. The van der Waals surface area contributed by atoms with Crippen LogP contribution in [0.5, 0.6) is 0 Å². The van der Waals surface area contributed by atoms with Crippen LogP contribution in [0.4, 0.5) is 4.39 Å². The zero-order chi connectivity index (χ0) is 14.8. The number of aryl methyl sites for hydroxylation is 1. The second-order valence-corrected chi connectivity index (χ2v) is 4.69. The average molecular weight is 281 g/mol. The molecule has 0 saturated heterocycles. The average Bonchev–Trinajstić information content (AvgIpc) is 2.49. The zero-order valence-electron chi connectivity index (χ0n) is 11.3. The molecule has 0 radical (unpaired) electrons. The van der Waals surface area contributed by atoms with Gasteiger partial charge in [0, 0.05) is 6.20 Å². The van der Waals surface area contributed by atoms with Crippen molar-refractivity contribution in [1.82, 2.24) is 15.0 Å². The van der Waals surface area contributed by atoms with E-state index in [1.54, 1.807) is 49.7 Å². The molecule has 4 nitrogen and oxygen atoms in total. The fourth-order valence-electron chi connectivity index (χ4n) is 2.03. The van der Waals surface area contributed by atoms with Crippen molar-refractivity contribution in [1.29, 1.82) is 0 Å². The Labute approximate surface area is 120 Å². The van der Waals surface area contributed by atoms with Gasteiger partial charge in [-0.15, -0.1) is 0 Å². The van der Waals surface area contributed by atoms with Crippen LogP contribution in [0.15, 0.2) is 41.5 Å². The van der Waals surface area contributed by atoms with Crippen LogP contribution in [0.1, 0.15) is 17.0 Å². The monoisotopic (exact) mass is 281 g/mol. The summed E-state index contributed by atoms with van der Waals surface area (Å²) in [6.07, 6.45) is 6.55. The largest absolute Gasteiger partial charge is 0.306 e. The molecule has 0 unspecified atom stereocenters. The number of benzene rings is 1. The third-order valence-electron chi connectivity index (χ3n) is 3.14. The maximum absolute atomic E-state index is 13.2. The topological polar surface area (TPSA) is 58.6 Å². The van der Waals surface area contributed by atoms with Crippen LogP contribution in [0.2, 0.25) is 0 Å². The summed E-state index contributed by atoms with van der Waals surface area (Å²) in [6, 6.07) is 6.43. The third-order valence-corrected chi connectivity index (χ3v) is 3.14. The van der Waals surface area contributed by atoms with Gasteiger partial charge in [-0.1, -0.05) is 12.1 Å². The van der Waals surface area contributed by atoms with Gasteiger partial charge < -0.3 is 4.98 Å². The lowest BCUT2D eigenvalue weighted by atomic mass is 10.1. The molecule has 21 heavy (non-hydrogen) atoms. The zero-order valence-corrected chi connectivity index (χ0v) is 11.3. The van der Waals surface area contributed by atoms with E-state index >= 15 is 0 Å². The summed E-state index contributed by atoms with van der Waals surface area (Å²) < 4.78 is 13.2.